The molecule has 1 aromatic heterocycles. The summed E-state index contributed by atoms with van der Waals surface area (Å²) in [6.45, 7) is 4.03. The predicted octanol–water partition coefficient (Wildman–Crippen LogP) is 1.52. The maximum absolute atomic E-state index is 12.1. The van der Waals surface area contributed by atoms with Crippen LogP contribution < -0.4 is 0 Å². The van der Waals surface area contributed by atoms with Crippen molar-refractivity contribution >= 4 is 5.78 Å². The molecule has 0 aromatic carbocycles. The number of carbonyl (C=O) groups is 1. The second-order valence-corrected chi connectivity index (χ2v) is 5.59. The van der Waals surface area contributed by atoms with Gasteiger partial charge in [-0.25, -0.2) is 0 Å². The summed E-state index contributed by atoms with van der Waals surface area (Å²) in [7, 11) is 1.91. The summed E-state index contributed by atoms with van der Waals surface area (Å²) in [6, 6.07) is 2.04. The Hall–Kier alpha value is -1.89. The highest BCUT2D eigenvalue weighted by atomic mass is 16.1. The maximum Gasteiger partial charge on any atom is 0.176 e. The topological polar surface area (TPSA) is 58.7 Å². The largest absolute Gasteiger partial charge is 0.293 e. The summed E-state index contributed by atoms with van der Waals surface area (Å²) < 4.78 is 1.81. The van der Waals surface area contributed by atoms with Gasteiger partial charge in [-0.1, -0.05) is 19.9 Å². The fourth-order valence-electron chi connectivity index (χ4n) is 3.52. The van der Waals surface area contributed by atoms with Crippen molar-refractivity contribution in [1.82, 2.24) is 9.78 Å². The number of fused-ring (bicyclic) bond motifs is 3. The Kier molecular flexibility index (Phi) is 2.07. The molecule has 3 atom stereocenters. The lowest BCUT2D eigenvalue weighted by molar-refractivity contribution is -0.121. The summed E-state index contributed by atoms with van der Waals surface area (Å²) in [6.07, 6.45) is 4.73. The van der Waals surface area contributed by atoms with Crippen molar-refractivity contribution in [3.8, 4) is 6.07 Å². The normalized spacial score (nSPS) is 33.7. The van der Waals surface area contributed by atoms with Crippen LogP contribution in [0.3, 0.4) is 0 Å². The lowest BCUT2D eigenvalue weighted by Gasteiger charge is -2.36. The van der Waals surface area contributed by atoms with E-state index in [1.165, 1.54) is 5.56 Å². The number of aromatic nitrogens is 2. The number of aryl methyl sites for hydroxylation is 1. The van der Waals surface area contributed by atoms with Gasteiger partial charge < -0.3 is 0 Å². The zero-order valence-corrected chi connectivity index (χ0v) is 10.8. The van der Waals surface area contributed by atoms with Crippen LogP contribution in [0.15, 0.2) is 17.8 Å². The molecule has 1 heterocycles. The Morgan fingerprint density at radius 2 is 2.33 bits per heavy atom. The van der Waals surface area contributed by atoms with Crippen LogP contribution in [-0.2, 0) is 23.7 Å². The fraction of sp³-hybridized carbons (Fsp3) is 0.500. The van der Waals surface area contributed by atoms with Crippen molar-refractivity contribution in [3.05, 3.63) is 29.1 Å². The minimum absolute atomic E-state index is 0.0190. The first-order valence-electron chi connectivity index (χ1n) is 6.17. The van der Waals surface area contributed by atoms with E-state index in [0.29, 0.717) is 5.57 Å². The van der Waals surface area contributed by atoms with E-state index in [1.54, 1.807) is 0 Å². The molecule has 2 aliphatic carbocycles. The van der Waals surface area contributed by atoms with Crippen molar-refractivity contribution in [2.75, 3.05) is 0 Å². The summed E-state index contributed by atoms with van der Waals surface area (Å²) in [5.74, 6) is 0.115. The van der Waals surface area contributed by atoms with Gasteiger partial charge in [0.25, 0.3) is 0 Å². The van der Waals surface area contributed by atoms with Crippen molar-refractivity contribution in [3.63, 3.8) is 0 Å². The molecule has 0 amide bonds. The van der Waals surface area contributed by atoms with Gasteiger partial charge >= 0.3 is 0 Å². The molecule has 92 valence electrons. The van der Waals surface area contributed by atoms with Gasteiger partial charge in [0, 0.05) is 24.6 Å². The van der Waals surface area contributed by atoms with E-state index in [1.807, 2.05) is 37.0 Å². The molecule has 4 nitrogen and oxygen atoms in total. The predicted molar refractivity (Wildman–Crippen MR) is 65.6 cm³/mol. The molecule has 1 aromatic rings. The van der Waals surface area contributed by atoms with Crippen LogP contribution in [0.1, 0.15) is 25.1 Å². The average molecular weight is 241 g/mol. The second-order valence-electron chi connectivity index (χ2n) is 5.59. The third kappa shape index (κ3) is 1.19. The Bertz CT molecular complexity index is 619. The van der Waals surface area contributed by atoms with Crippen molar-refractivity contribution < 1.29 is 4.79 Å². The van der Waals surface area contributed by atoms with Crippen LogP contribution in [0.4, 0.5) is 0 Å². The number of rotatable bonds is 0. The van der Waals surface area contributed by atoms with Gasteiger partial charge in [-0.2, -0.15) is 10.4 Å². The van der Waals surface area contributed by atoms with E-state index in [9.17, 15) is 4.79 Å². The zero-order valence-electron chi connectivity index (χ0n) is 10.8. The highest BCUT2D eigenvalue weighted by Crippen LogP contribution is 2.50. The summed E-state index contributed by atoms with van der Waals surface area (Å²) in [5.41, 5.74) is 2.26. The van der Waals surface area contributed by atoms with Crippen LogP contribution >= 0.6 is 0 Å². The number of nitriles is 1. The van der Waals surface area contributed by atoms with E-state index in [2.05, 4.69) is 12.0 Å². The fourth-order valence-corrected chi connectivity index (χ4v) is 3.52. The lowest BCUT2D eigenvalue weighted by Crippen LogP contribution is -2.40. The first-order valence-corrected chi connectivity index (χ1v) is 6.17. The van der Waals surface area contributed by atoms with E-state index in [0.717, 1.165) is 12.1 Å². The van der Waals surface area contributed by atoms with Crippen LogP contribution in [0.25, 0.3) is 0 Å². The molecular formula is C14H15N3O. The molecule has 0 unspecified atom stereocenters. The Morgan fingerprint density at radius 3 is 3.00 bits per heavy atom. The van der Waals surface area contributed by atoms with Gasteiger partial charge in [0.2, 0.25) is 0 Å². The van der Waals surface area contributed by atoms with Crippen LogP contribution in [0.5, 0.6) is 0 Å². The molecule has 3 rings (SSSR count). The minimum Gasteiger partial charge on any atom is -0.293 e. The van der Waals surface area contributed by atoms with E-state index in [4.69, 9.17) is 5.26 Å². The van der Waals surface area contributed by atoms with Gasteiger partial charge in [0.05, 0.1) is 11.3 Å². The second kappa shape index (κ2) is 3.32. The lowest BCUT2D eigenvalue weighted by atomic mass is 9.65. The third-order valence-corrected chi connectivity index (χ3v) is 4.47. The van der Waals surface area contributed by atoms with Crippen LogP contribution in [0, 0.1) is 23.2 Å². The van der Waals surface area contributed by atoms with Gasteiger partial charge in [-0.15, -0.1) is 0 Å². The molecule has 0 aliphatic heterocycles. The first-order chi connectivity index (χ1) is 8.47. The molecule has 0 spiro atoms. The highest BCUT2D eigenvalue weighted by Gasteiger charge is 2.51. The standard InChI is InChI=1S/C14H15N3O/c1-8-11-4-9-7-17(3)16-13(9)14(11,2)5-10(6-15)12(8)18/h5,7-8,11H,4H2,1-3H3/t8-,11+,14-/m0/s1. The number of hydrogen-bond acceptors (Lipinski definition) is 3. The maximum atomic E-state index is 12.1. The number of nitrogens with zero attached hydrogens (tertiary/aromatic N) is 3. The molecule has 4 heteroatoms. The quantitative estimate of drug-likeness (QED) is 0.692. The molecular weight excluding hydrogens is 226 g/mol. The van der Waals surface area contributed by atoms with Crippen molar-refractivity contribution in [1.29, 1.82) is 5.26 Å². The van der Waals surface area contributed by atoms with Crippen LogP contribution in [-0.4, -0.2) is 15.6 Å². The Balaban J connectivity index is 2.21. The number of Topliss-reactive ketones (excluding diaryl/α,β-unsaturated/α-hetero) is 1. The van der Waals surface area contributed by atoms with Crippen LogP contribution in [0.2, 0.25) is 0 Å². The first kappa shape index (κ1) is 11.2. The molecule has 0 saturated heterocycles. The van der Waals surface area contributed by atoms with Gasteiger partial charge in [0.15, 0.2) is 5.78 Å². The van der Waals surface area contributed by atoms with Crippen molar-refractivity contribution in [2.45, 2.75) is 25.7 Å². The molecule has 2 aliphatic rings. The molecule has 0 saturated carbocycles. The van der Waals surface area contributed by atoms with Gasteiger partial charge in [-0.3, -0.25) is 9.48 Å². The minimum atomic E-state index is -0.269. The molecule has 0 N–H and O–H groups in total. The summed E-state index contributed by atoms with van der Waals surface area (Å²) >= 11 is 0. The van der Waals surface area contributed by atoms with Gasteiger partial charge in [-0.05, 0) is 17.9 Å². The highest BCUT2D eigenvalue weighted by molar-refractivity contribution is 6.02. The van der Waals surface area contributed by atoms with E-state index in [-0.39, 0.29) is 23.0 Å². The number of carbonyl (C=O) groups excluding carboxylic acids is 1. The summed E-state index contributed by atoms with van der Waals surface area (Å²) in [4.78, 5) is 12.1. The molecule has 18 heavy (non-hydrogen) atoms. The number of allylic oxidation sites excluding steroid dienone is 2. The number of hydrogen-bond donors (Lipinski definition) is 0. The monoisotopic (exact) mass is 241 g/mol. The smallest absolute Gasteiger partial charge is 0.176 e. The van der Waals surface area contributed by atoms with E-state index >= 15 is 0 Å². The third-order valence-electron chi connectivity index (χ3n) is 4.47. The zero-order chi connectivity index (χ0) is 13.1. The molecule has 0 radical (unpaired) electrons. The summed E-state index contributed by atoms with van der Waals surface area (Å²) in [5, 5.41) is 13.6. The van der Waals surface area contributed by atoms with Gasteiger partial charge in [0.1, 0.15) is 6.07 Å². The number of ketones is 1. The van der Waals surface area contributed by atoms with Crippen molar-refractivity contribution in [2.24, 2.45) is 18.9 Å². The average Bonchev–Trinajstić information content (AvgIpc) is 2.81. The Labute approximate surface area is 106 Å². The SMILES string of the molecule is C[C@@H]1C(=O)C(C#N)=C[C@]2(C)c3nn(C)cc3C[C@H]12. The Morgan fingerprint density at radius 1 is 1.61 bits per heavy atom. The molecule has 0 fully saturated rings. The van der Waals surface area contributed by atoms with E-state index < -0.39 is 0 Å². The molecule has 0 bridgehead atoms.